The van der Waals surface area contributed by atoms with Crippen LogP contribution in [-0.4, -0.2) is 71.2 Å². The first kappa shape index (κ1) is 25.0. The summed E-state index contributed by atoms with van der Waals surface area (Å²) in [5.41, 5.74) is 2.83. The highest BCUT2D eigenvalue weighted by Gasteiger charge is 2.33. The van der Waals surface area contributed by atoms with E-state index in [0.717, 1.165) is 55.8 Å². The highest BCUT2D eigenvalue weighted by Crippen LogP contribution is 2.30. The molecular formula is C26H37ClN4O3. The lowest BCUT2D eigenvalue weighted by molar-refractivity contribution is -0.140. The highest BCUT2D eigenvalue weighted by molar-refractivity contribution is 6.31. The van der Waals surface area contributed by atoms with Gasteiger partial charge in [-0.3, -0.25) is 19.3 Å². The zero-order valence-electron chi connectivity index (χ0n) is 20.6. The molecule has 7 nitrogen and oxygen atoms in total. The monoisotopic (exact) mass is 488 g/mol. The average Bonchev–Trinajstić information content (AvgIpc) is 3.49. The topological polar surface area (TPSA) is 73.0 Å². The summed E-state index contributed by atoms with van der Waals surface area (Å²) in [6.45, 7) is 9.94. The Morgan fingerprint density at radius 2 is 1.76 bits per heavy atom. The van der Waals surface area contributed by atoms with Crippen molar-refractivity contribution in [1.29, 1.82) is 0 Å². The molecule has 0 bridgehead atoms. The maximum atomic E-state index is 12.9. The van der Waals surface area contributed by atoms with E-state index in [2.05, 4.69) is 22.0 Å². The van der Waals surface area contributed by atoms with E-state index >= 15 is 0 Å². The Balaban J connectivity index is 1.38. The normalized spacial score (nSPS) is 24.0. The Bertz CT molecular complexity index is 946. The smallest absolute Gasteiger partial charge is 0.229 e. The molecule has 1 saturated carbocycles. The van der Waals surface area contributed by atoms with Crippen LogP contribution in [0, 0.1) is 18.8 Å². The van der Waals surface area contributed by atoms with Gasteiger partial charge < -0.3 is 15.1 Å². The van der Waals surface area contributed by atoms with Crippen molar-refractivity contribution < 1.29 is 14.4 Å². The molecule has 0 aromatic heterocycles. The highest BCUT2D eigenvalue weighted by atomic mass is 35.5. The molecule has 3 aliphatic rings. The van der Waals surface area contributed by atoms with E-state index in [9.17, 15) is 14.4 Å². The van der Waals surface area contributed by atoms with E-state index in [-0.39, 0.29) is 29.7 Å². The van der Waals surface area contributed by atoms with Gasteiger partial charge in [0.25, 0.3) is 0 Å². The molecule has 8 heteroatoms. The Morgan fingerprint density at radius 3 is 2.41 bits per heavy atom. The number of amides is 3. The minimum atomic E-state index is -0.197. The van der Waals surface area contributed by atoms with Crippen LogP contribution >= 0.6 is 11.6 Å². The van der Waals surface area contributed by atoms with Gasteiger partial charge in [-0.05, 0) is 56.4 Å². The molecule has 186 valence electrons. The summed E-state index contributed by atoms with van der Waals surface area (Å²) >= 11 is 6.44. The van der Waals surface area contributed by atoms with Crippen LogP contribution in [0.3, 0.4) is 0 Å². The lowest BCUT2D eigenvalue weighted by atomic mass is 10.0. The number of anilines is 1. The summed E-state index contributed by atoms with van der Waals surface area (Å²) in [6, 6.07) is 3.96. The van der Waals surface area contributed by atoms with Crippen molar-refractivity contribution >= 4 is 35.0 Å². The van der Waals surface area contributed by atoms with Gasteiger partial charge in [0, 0.05) is 68.9 Å². The molecule has 2 heterocycles. The minimum Gasteiger partial charge on any atom is -0.342 e. The Kier molecular flexibility index (Phi) is 7.83. The molecule has 2 atom stereocenters. The quantitative estimate of drug-likeness (QED) is 0.686. The number of piperazine rings is 1. The van der Waals surface area contributed by atoms with Gasteiger partial charge in [-0.2, -0.15) is 0 Å². The van der Waals surface area contributed by atoms with Gasteiger partial charge in [0.05, 0.1) is 5.92 Å². The number of nitrogens with zero attached hydrogens (tertiary/aromatic N) is 3. The summed E-state index contributed by atoms with van der Waals surface area (Å²) < 4.78 is 0. The minimum absolute atomic E-state index is 0.00999. The first-order valence-electron chi connectivity index (χ1n) is 12.6. The number of nitrogens with one attached hydrogen (secondary N) is 1. The van der Waals surface area contributed by atoms with E-state index in [4.69, 9.17) is 11.6 Å². The van der Waals surface area contributed by atoms with Gasteiger partial charge in [0.2, 0.25) is 17.7 Å². The number of rotatable bonds is 5. The van der Waals surface area contributed by atoms with Crippen LogP contribution in [0.5, 0.6) is 0 Å². The molecule has 2 unspecified atom stereocenters. The second-order valence-corrected chi connectivity index (χ2v) is 10.7. The molecule has 1 aromatic carbocycles. The van der Waals surface area contributed by atoms with Crippen LogP contribution in [-0.2, 0) is 20.9 Å². The van der Waals surface area contributed by atoms with Crippen molar-refractivity contribution in [1.82, 2.24) is 14.7 Å². The van der Waals surface area contributed by atoms with Crippen LogP contribution in [0.4, 0.5) is 5.69 Å². The number of likely N-dealkylation sites (tertiary alicyclic amines) is 1. The molecule has 3 amide bonds. The summed E-state index contributed by atoms with van der Waals surface area (Å²) in [7, 11) is 0. The third kappa shape index (κ3) is 5.57. The van der Waals surface area contributed by atoms with Crippen LogP contribution in [0.25, 0.3) is 0 Å². The number of benzene rings is 1. The van der Waals surface area contributed by atoms with Crippen molar-refractivity contribution in [2.75, 3.05) is 38.0 Å². The van der Waals surface area contributed by atoms with Gasteiger partial charge in [0.1, 0.15) is 0 Å². The molecule has 0 spiro atoms. The predicted molar refractivity (Wildman–Crippen MR) is 134 cm³/mol. The maximum absolute atomic E-state index is 12.9. The van der Waals surface area contributed by atoms with Crippen molar-refractivity contribution in [2.24, 2.45) is 11.8 Å². The second kappa shape index (κ2) is 10.6. The van der Waals surface area contributed by atoms with Crippen molar-refractivity contribution in [3.63, 3.8) is 0 Å². The fourth-order valence-electron chi connectivity index (χ4n) is 5.68. The SMILES string of the molecule is CC(=O)N1CCC(C(=O)Nc2cc(Cl)cc(CN3CCN(C(=O)C4CCCC4)C(C)C3)c2C)C1. The van der Waals surface area contributed by atoms with E-state index in [1.165, 1.54) is 12.8 Å². The third-order valence-electron chi connectivity index (χ3n) is 7.84. The van der Waals surface area contributed by atoms with Crippen molar-refractivity contribution in [3.05, 3.63) is 28.3 Å². The van der Waals surface area contributed by atoms with E-state index in [1.54, 1.807) is 17.9 Å². The van der Waals surface area contributed by atoms with Crippen LogP contribution in [0.2, 0.25) is 5.02 Å². The van der Waals surface area contributed by atoms with Crippen LogP contribution in [0.1, 0.15) is 57.1 Å². The van der Waals surface area contributed by atoms with E-state index < -0.39 is 0 Å². The number of carbonyl (C=O) groups excluding carboxylic acids is 3. The van der Waals surface area contributed by atoms with E-state index in [1.807, 2.05) is 13.0 Å². The molecule has 2 saturated heterocycles. The second-order valence-electron chi connectivity index (χ2n) is 10.3. The molecule has 0 radical (unpaired) electrons. The molecule has 34 heavy (non-hydrogen) atoms. The molecule has 1 aromatic rings. The van der Waals surface area contributed by atoms with Crippen molar-refractivity contribution in [2.45, 2.75) is 65.5 Å². The Labute approximate surface area is 207 Å². The summed E-state index contributed by atoms with van der Waals surface area (Å²) in [5, 5.41) is 3.65. The summed E-state index contributed by atoms with van der Waals surface area (Å²) in [4.78, 5) is 43.5. The lowest BCUT2D eigenvalue weighted by Gasteiger charge is -2.41. The summed E-state index contributed by atoms with van der Waals surface area (Å²) in [5.74, 6) is 0.308. The van der Waals surface area contributed by atoms with Crippen LogP contribution < -0.4 is 5.32 Å². The number of halogens is 1. The largest absolute Gasteiger partial charge is 0.342 e. The standard InChI is InChI=1S/C26H37ClN4O3/c1-17-14-29(10-11-31(17)26(34)20-6-4-5-7-20)15-22-12-23(27)13-24(18(22)2)28-25(33)21-8-9-30(16-21)19(3)32/h12-13,17,20-21H,4-11,14-16H2,1-3H3,(H,28,33). The first-order valence-corrected chi connectivity index (χ1v) is 13.0. The predicted octanol–water partition coefficient (Wildman–Crippen LogP) is 3.68. The molecule has 2 aliphatic heterocycles. The molecule has 1 N–H and O–H groups in total. The number of hydrogen-bond donors (Lipinski definition) is 1. The molecule has 3 fully saturated rings. The third-order valence-corrected chi connectivity index (χ3v) is 8.05. The Morgan fingerprint density at radius 1 is 1.03 bits per heavy atom. The lowest BCUT2D eigenvalue weighted by Crippen LogP contribution is -2.54. The van der Waals surface area contributed by atoms with Gasteiger partial charge in [-0.25, -0.2) is 0 Å². The fourth-order valence-corrected chi connectivity index (χ4v) is 5.92. The average molecular weight is 489 g/mol. The van der Waals surface area contributed by atoms with E-state index in [0.29, 0.717) is 30.4 Å². The maximum Gasteiger partial charge on any atom is 0.229 e. The molecule has 1 aliphatic carbocycles. The molecule has 4 rings (SSSR count). The van der Waals surface area contributed by atoms with Gasteiger partial charge in [-0.15, -0.1) is 0 Å². The number of hydrogen-bond acceptors (Lipinski definition) is 4. The first-order chi connectivity index (χ1) is 16.2. The van der Waals surface area contributed by atoms with Crippen molar-refractivity contribution in [3.8, 4) is 0 Å². The van der Waals surface area contributed by atoms with Gasteiger partial charge in [0.15, 0.2) is 0 Å². The zero-order valence-corrected chi connectivity index (χ0v) is 21.4. The van der Waals surface area contributed by atoms with Crippen LogP contribution in [0.15, 0.2) is 12.1 Å². The Hall–Kier alpha value is -2.12. The van der Waals surface area contributed by atoms with Gasteiger partial charge >= 0.3 is 0 Å². The fraction of sp³-hybridized carbons (Fsp3) is 0.654. The number of carbonyl (C=O) groups is 3. The van der Waals surface area contributed by atoms with Gasteiger partial charge in [-0.1, -0.05) is 24.4 Å². The zero-order chi connectivity index (χ0) is 24.4. The molecular weight excluding hydrogens is 452 g/mol. The summed E-state index contributed by atoms with van der Waals surface area (Å²) in [6.07, 6.45) is 5.10.